The number of rotatable bonds is 38. The van der Waals surface area contributed by atoms with E-state index in [1.807, 2.05) is 18.2 Å². The number of nitrogens with two attached hydrogens (primary N) is 1. The van der Waals surface area contributed by atoms with Gasteiger partial charge >= 0.3 is 19.8 Å². The Morgan fingerprint density at radius 3 is 1.53 bits per heavy atom. The van der Waals surface area contributed by atoms with Crippen molar-refractivity contribution < 1.29 is 37.6 Å². The first-order valence-electron chi connectivity index (χ1n) is 20.5. The molecule has 0 rings (SSSR count). The number of esters is 2. The van der Waals surface area contributed by atoms with E-state index in [0.29, 0.717) is 12.8 Å². The van der Waals surface area contributed by atoms with Crippen LogP contribution in [0.15, 0.2) is 36.5 Å². The van der Waals surface area contributed by atoms with Gasteiger partial charge in [0.05, 0.1) is 13.2 Å². The zero-order chi connectivity index (χ0) is 37.5. The molecule has 0 aliphatic rings. The predicted molar refractivity (Wildman–Crippen MR) is 210 cm³/mol. The van der Waals surface area contributed by atoms with Gasteiger partial charge in [-0.05, 0) is 44.9 Å². The van der Waals surface area contributed by atoms with E-state index in [1.54, 1.807) is 0 Å². The van der Waals surface area contributed by atoms with Crippen LogP contribution in [0.4, 0.5) is 0 Å². The van der Waals surface area contributed by atoms with E-state index in [-0.39, 0.29) is 32.6 Å². The SMILES string of the molecule is CCCCCCCCCCC=CCC=CCCC(=O)OC(COC(=O)CCC=CCCCCCCCCCCCCC)COP(=O)(O)OCCN. The third kappa shape index (κ3) is 37.8. The van der Waals surface area contributed by atoms with Crippen LogP contribution in [0.25, 0.3) is 0 Å². The standard InChI is InChI=1S/C41H76NO8P/c1-3-5-7-9-11-13-15-17-19-21-23-25-27-29-31-33-40(43)47-37-39(38-49-51(45,46)48-36-35-42)50-41(44)34-32-30-28-26-24-22-20-18-16-14-12-10-8-6-4-2/h22,24,27-30,39H,3-21,23,25-26,31-38,42H2,1-2H3,(H,45,46). The highest BCUT2D eigenvalue weighted by Crippen LogP contribution is 2.43. The lowest BCUT2D eigenvalue weighted by Crippen LogP contribution is -2.29. The number of phosphoric acid groups is 1. The molecule has 0 saturated carbocycles. The topological polar surface area (TPSA) is 134 Å². The van der Waals surface area contributed by atoms with Crippen LogP contribution >= 0.6 is 7.82 Å². The quantitative estimate of drug-likeness (QED) is 0.0274. The maximum absolute atomic E-state index is 12.5. The van der Waals surface area contributed by atoms with Crippen LogP contribution in [-0.4, -0.2) is 49.3 Å². The maximum Gasteiger partial charge on any atom is 0.472 e. The molecule has 2 unspecified atom stereocenters. The van der Waals surface area contributed by atoms with Crippen molar-refractivity contribution >= 4 is 19.8 Å². The molecule has 51 heavy (non-hydrogen) atoms. The van der Waals surface area contributed by atoms with Crippen molar-refractivity contribution in [2.75, 3.05) is 26.4 Å². The smallest absolute Gasteiger partial charge is 0.462 e. The van der Waals surface area contributed by atoms with Gasteiger partial charge in [-0.15, -0.1) is 0 Å². The fourth-order valence-electron chi connectivity index (χ4n) is 5.47. The number of hydrogen-bond acceptors (Lipinski definition) is 8. The summed E-state index contributed by atoms with van der Waals surface area (Å²) in [4.78, 5) is 34.7. The van der Waals surface area contributed by atoms with Crippen molar-refractivity contribution in [1.29, 1.82) is 0 Å². The van der Waals surface area contributed by atoms with Crippen LogP contribution < -0.4 is 5.73 Å². The molecule has 9 nitrogen and oxygen atoms in total. The maximum atomic E-state index is 12.5. The molecule has 10 heteroatoms. The molecular formula is C41H76NO8P. The van der Waals surface area contributed by atoms with Crippen LogP contribution in [0.2, 0.25) is 0 Å². The van der Waals surface area contributed by atoms with E-state index in [2.05, 4.69) is 32.1 Å². The van der Waals surface area contributed by atoms with Crippen molar-refractivity contribution in [3.05, 3.63) is 36.5 Å². The summed E-state index contributed by atoms with van der Waals surface area (Å²) in [6, 6.07) is 0. The van der Waals surface area contributed by atoms with Crippen molar-refractivity contribution in [3.8, 4) is 0 Å². The van der Waals surface area contributed by atoms with Crippen LogP contribution in [0.5, 0.6) is 0 Å². The summed E-state index contributed by atoms with van der Waals surface area (Å²) < 4.78 is 32.6. The summed E-state index contributed by atoms with van der Waals surface area (Å²) in [5.74, 6) is -0.962. The summed E-state index contributed by atoms with van der Waals surface area (Å²) in [5, 5.41) is 0. The Balaban J connectivity index is 4.30. The highest BCUT2D eigenvalue weighted by atomic mass is 31.2. The second kappa shape index (κ2) is 38.0. The number of hydrogen-bond donors (Lipinski definition) is 2. The van der Waals surface area contributed by atoms with E-state index in [0.717, 1.165) is 25.7 Å². The van der Waals surface area contributed by atoms with Crippen molar-refractivity contribution in [3.63, 3.8) is 0 Å². The molecule has 0 aliphatic carbocycles. The Kier molecular flexibility index (Phi) is 36.7. The molecule has 0 saturated heterocycles. The summed E-state index contributed by atoms with van der Waals surface area (Å²) in [7, 11) is -4.39. The second-order valence-electron chi connectivity index (χ2n) is 13.5. The highest BCUT2D eigenvalue weighted by molar-refractivity contribution is 7.47. The number of carbonyl (C=O) groups is 2. The van der Waals surface area contributed by atoms with Gasteiger partial charge in [-0.1, -0.05) is 159 Å². The van der Waals surface area contributed by atoms with E-state index >= 15 is 0 Å². The van der Waals surface area contributed by atoms with Gasteiger partial charge in [0.2, 0.25) is 0 Å². The predicted octanol–water partition coefficient (Wildman–Crippen LogP) is 11.4. The third-order valence-electron chi connectivity index (χ3n) is 8.53. The fraction of sp³-hybridized carbons (Fsp3) is 0.805. The number of unbranched alkanes of at least 4 members (excludes halogenated alkanes) is 19. The van der Waals surface area contributed by atoms with Gasteiger partial charge in [0.1, 0.15) is 6.61 Å². The molecule has 0 aromatic rings. The number of allylic oxidation sites excluding steroid dienone is 6. The van der Waals surface area contributed by atoms with Crippen molar-refractivity contribution in [1.82, 2.24) is 0 Å². The van der Waals surface area contributed by atoms with E-state index < -0.39 is 32.5 Å². The summed E-state index contributed by atoms with van der Waals surface area (Å²) in [6.45, 7) is 3.62. The number of carbonyl (C=O) groups excluding carboxylic acids is 2. The molecule has 0 radical (unpaired) electrons. The Morgan fingerprint density at radius 2 is 1.02 bits per heavy atom. The van der Waals surface area contributed by atoms with E-state index in [4.69, 9.17) is 24.3 Å². The van der Waals surface area contributed by atoms with Crippen LogP contribution in [-0.2, 0) is 32.7 Å². The largest absolute Gasteiger partial charge is 0.472 e. The first kappa shape index (κ1) is 49.2. The normalized spacial score (nSPS) is 13.7. The van der Waals surface area contributed by atoms with Crippen molar-refractivity contribution in [2.45, 2.75) is 187 Å². The number of phosphoric ester groups is 1. The Hall–Kier alpha value is -1.77. The first-order valence-corrected chi connectivity index (χ1v) is 22.0. The van der Waals surface area contributed by atoms with Crippen LogP contribution in [0, 0.1) is 0 Å². The van der Waals surface area contributed by atoms with Gasteiger partial charge in [-0.2, -0.15) is 0 Å². The lowest BCUT2D eigenvalue weighted by atomic mass is 10.1. The minimum absolute atomic E-state index is 0.0419. The molecule has 0 aromatic carbocycles. The van der Waals surface area contributed by atoms with Gasteiger partial charge in [0.15, 0.2) is 6.10 Å². The molecule has 0 amide bonds. The minimum atomic E-state index is -4.39. The van der Waals surface area contributed by atoms with Crippen LogP contribution in [0.1, 0.15) is 181 Å². The van der Waals surface area contributed by atoms with Gasteiger partial charge in [-0.25, -0.2) is 4.57 Å². The summed E-state index contributed by atoms with van der Waals surface area (Å²) >= 11 is 0. The molecule has 0 heterocycles. The zero-order valence-electron chi connectivity index (χ0n) is 32.6. The molecular weight excluding hydrogens is 665 g/mol. The Bertz CT molecular complexity index is 939. The first-order chi connectivity index (χ1) is 24.8. The zero-order valence-corrected chi connectivity index (χ0v) is 33.5. The van der Waals surface area contributed by atoms with Crippen LogP contribution in [0.3, 0.4) is 0 Å². The van der Waals surface area contributed by atoms with Crippen molar-refractivity contribution in [2.24, 2.45) is 5.73 Å². The Labute approximate surface area is 312 Å². The number of ether oxygens (including phenoxy) is 2. The summed E-state index contributed by atoms with van der Waals surface area (Å²) in [5.41, 5.74) is 5.33. The molecule has 3 N–H and O–H groups in total. The summed E-state index contributed by atoms with van der Waals surface area (Å²) in [6.07, 6.45) is 40.6. The molecule has 2 atom stereocenters. The van der Waals surface area contributed by atoms with Gasteiger partial charge < -0.3 is 20.1 Å². The van der Waals surface area contributed by atoms with Gasteiger partial charge in [0, 0.05) is 19.4 Å². The minimum Gasteiger partial charge on any atom is -0.462 e. The molecule has 0 fully saturated rings. The second-order valence-corrected chi connectivity index (χ2v) is 14.9. The lowest BCUT2D eigenvalue weighted by Gasteiger charge is -2.19. The lowest BCUT2D eigenvalue weighted by molar-refractivity contribution is -0.161. The van der Waals surface area contributed by atoms with Gasteiger partial charge in [0.25, 0.3) is 0 Å². The highest BCUT2D eigenvalue weighted by Gasteiger charge is 2.25. The molecule has 0 bridgehead atoms. The average molecular weight is 742 g/mol. The van der Waals surface area contributed by atoms with E-state index in [9.17, 15) is 19.0 Å². The fourth-order valence-corrected chi connectivity index (χ4v) is 6.23. The molecule has 298 valence electrons. The Morgan fingerprint density at radius 1 is 0.588 bits per heavy atom. The third-order valence-corrected chi connectivity index (χ3v) is 9.51. The molecule has 0 aliphatic heterocycles. The van der Waals surface area contributed by atoms with E-state index in [1.165, 1.54) is 116 Å². The molecule has 0 aromatic heterocycles. The molecule has 0 spiro atoms. The van der Waals surface area contributed by atoms with Gasteiger partial charge in [-0.3, -0.25) is 18.6 Å². The average Bonchev–Trinajstić information content (AvgIpc) is 3.11. The monoisotopic (exact) mass is 742 g/mol.